The van der Waals surface area contributed by atoms with E-state index in [2.05, 4.69) is 0 Å². The Kier molecular flexibility index (Phi) is 3.86. The Morgan fingerprint density at radius 1 is 1.00 bits per heavy atom. The second-order valence-corrected chi connectivity index (χ2v) is 6.93. The van der Waals surface area contributed by atoms with Gasteiger partial charge in [0.25, 0.3) is 5.91 Å². The number of carboxylic acid groups (broad SMARTS) is 1. The van der Waals surface area contributed by atoms with Gasteiger partial charge in [0.15, 0.2) is 5.76 Å². The molecule has 3 aliphatic rings. The lowest BCUT2D eigenvalue weighted by atomic mass is 9.82. The minimum absolute atomic E-state index is 0.0291. The molecule has 132 valence electrons. The number of carboxylic acids is 1. The van der Waals surface area contributed by atoms with Crippen LogP contribution in [0.5, 0.6) is 0 Å². The second-order valence-electron chi connectivity index (χ2n) is 6.93. The highest BCUT2D eigenvalue weighted by molar-refractivity contribution is 5.92. The third kappa shape index (κ3) is 2.63. The van der Waals surface area contributed by atoms with Gasteiger partial charge in [-0.25, -0.2) is 0 Å². The summed E-state index contributed by atoms with van der Waals surface area (Å²) in [6.07, 6.45) is 6.14. The number of piperazine rings is 1. The lowest BCUT2D eigenvalue weighted by Crippen LogP contribution is -2.53. The van der Waals surface area contributed by atoms with Crippen LogP contribution < -0.4 is 0 Å². The van der Waals surface area contributed by atoms with Gasteiger partial charge in [-0.1, -0.05) is 12.2 Å². The molecule has 0 radical (unpaired) electrons. The zero-order chi connectivity index (χ0) is 17.6. The van der Waals surface area contributed by atoms with E-state index in [9.17, 15) is 19.5 Å². The van der Waals surface area contributed by atoms with Crippen molar-refractivity contribution in [3.8, 4) is 0 Å². The van der Waals surface area contributed by atoms with Gasteiger partial charge in [0, 0.05) is 26.2 Å². The Labute approximate surface area is 144 Å². The Bertz CT molecular complexity index is 718. The first kappa shape index (κ1) is 15.9. The second kappa shape index (κ2) is 6.06. The maximum atomic E-state index is 12.9. The number of amides is 2. The van der Waals surface area contributed by atoms with Crippen molar-refractivity contribution in [2.75, 3.05) is 26.2 Å². The molecule has 25 heavy (non-hydrogen) atoms. The van der Waals surface area contributed by atoms with Crippen LogP contribution in [0.3, 0.4) is 0 Å². The first-order chi connectivity index (χ1) is 12.1. The van der Waals surface area contributed by atoms with Gasteiger partial charge in [-0.05, 0) is 30.4 Å². The molecule has 1 aromatic rings. The zero-order valence-electron chi connectivity index (χ0n) is 13.7. The average molecular weight is 344 g/mol. The van der Waals surface area contributed by atoms with Crippen LogP contribution in [-0.2, 0) is 9.59 Å². The molecule has 1 saturated carbocycles. The van der Waals surface area contributed by atoms with Crippen molar-refractivity contribution in [2.24, 2.45) is 23.7 Å². The molecule has 1 saturated heterocycles. The van der Waals surface area contributed by atoms with Gasteiger partial charge in [0.05, 0.1) is 18.1 Å². The number of rotatable bonds is 3. The van der Waals surface area contributed by atoms with Crippen molar-refractivity contribution in [2.45, 2.75) is 6.42 Å². The fraction of sp³-hybridized carbons (Fsp3) is 0.500. The Balaban J connectivity index is 1.41. The maximum Gasteiger partial charge on any atom is 0.307 e. The zero-order valence-corrected chi connectivity index (χ0v) is 13.7. The van der Waals surface area contributed by atoms with Crippen LogP contribution in [0, 0.1) is 23.7 Å². The maximum absolute atomic E-state index is 12.9. The van der Waals surface area contributed by atoms with Crippen molar-refractivity contribution in [1.29, 1.82) is 0 Å². The Hall–Kier alpha value is -2.57. The average Bonchev–Trinajstić information content (AvgIpc) is 3.36. The summed E-state index contributed by atoms with van der Waals surface area (Å²) in [5.41, 5.74) is 0. The highest BCUT2D eigenvalue weighted by atomic mass is 16.4. The van der Waals surface area contributed by atoms with Crippen LogP contribution in [0.25, 0.3) is 0 Å². The van der Waals surface area contributed by atoms with Crippen molar-refractivity contribution >= 4 is 17.8 Å². The van der Waals surface area contributed by atoms with Crippen LogP contribution in [-0.4, -0.2) is 58.9 Å². The number of fused-ring (bicyclic) bond motifs is 2. The van der Waals surface area contributed by atoms with Crippen LogP contribution in [0.1, 0.15) is 17.0 Å². The van der Waals surface area contributed by atoms with Gasteiger partial charge >= 0.3 is 5.97 Å². The van der Waals surface area contributed by atoms with E-state index in [0.29, 0.717) is 31.9 Å². The summed E-state index contributed by atoms with van der Waals surface area (Å²) >= 11 is 0. The fourth-order valence-corrected chi connectivity index (χ4v) is 4.39. The highest BCUT2D eigenvalue weighted by Crippen LogP contribution is 2.48. The lowest BCUT2D eigenvalue weighted by molar-refractivity contribution is -0.151. The molecule has 0 unspecified atom stereocenters. The molecule has 0 aromatic carbocycles. The quantitative estimate of drug-likeness (QED) is 0.829. The number of carbonyl (C=O) groups excluding carboxylic acids is 2. The van der Waals surface area contributed by atoms with Gasteiger partial charge in [-0.3, -0.25) is 14.4 Å². The molecule has 2 aliphatic carbocycles. The number of nitrogens with zero attached hydrogens (tertiary/aromatic N) is 2. The molecule has 2 amide bonds. The molecule has 1 N–H and O–H groups in total. The number of allylic oxidation sites excluding steroid dienone is 2. The molecule has 7 heteroatoms. The molecule has 2 heterocycles. The Morgan fingerprint density at radius 2 is 1.64 bits per heavy atom. The monoisotopic (exact) mass is 344 g/mol. The van der Waals surface area contributed by atoms with Crippen molar-refractivity contribution < 1.29 is 23.9 Å². The number of hydrogen-bond acceptors (Lipinski definition) is 4. The molecule has 0 spiro atoms. The molecule has 1 aliphatic heterocycles. The highest BCUT2D eigenvalue weighted by Gasteiger charge is 2.52. The molecular formula is C18H20N2O5. The van der Waals surface area contributed by atoms with Crippen LogP contribution in [0.15, 0.2) is 35.0 Å². The van der Waals surface area contributed by atoms with E-state index in [4.69, 9.17) is 4.42 Å². The third-order valence-corrected chi connectivity index (χ3v) is 5.64. The van der Waals surface area contributed by atoms with Crippen molar-refractivity contribution in [3.63, 3.8) is 0 Å². The predicted molar refractivity (Wildman–Crippen MR) is 86.5 cm³/mol. The summed E-state index contributed by atoms with van der Waals surface area (Å²) in [4.78, 5) is 40.2. The molecule has 2 fully saturated rings. The number of hydrogen-bond donors (Lipinski definition) is 1. The smallest absolute Gasteiger partial charge is 0.307 e. The predicted octanol–water partition coefficient (Wildman–Crippen LogP) is 1.09. The van der Waals surface area contributed by atoms with E-state index in [1.54, 1.807) is 21.9 Å². The minimum Gasteiger partial charge on any atom is -0.481 e. The van der Waals surface area contributed by atoms with E-state index in [-0.39, 0.29) is 23.7 Å². The number of furan rings is 1. The molecule has 2 bridgehead atoms. The van der Waals surface area contributed by atoms with Gasteiger partial charge in [-0.15, -0.1) is 0 Å². The Morgan fingerprint density at radius 3 is 2.24 bits per heavy atom. The summed E-state index contributed by atoms with van der Waals surface area (Å²) in [5, 5.41) is 9.51. The summed E-state index contributed by atoms with van der Waals surface area (Å²) in [7, 11) is 0. The summed E-state index contributed by atoms with van der Waals surface area (Å²) in [6.45, 7) is 1.71. The van der Waals surface area contributed by atoms with Gasteiger partial charge in [-0.2, -0.15) is 0 Å². The van der Waals surface area contributed by atoms with Gasteiger partial charge in [0.1, 0.15) is 0 Å². The van der Waals surface area contributed by atoms with E-state index >= 15 is 0 Å². The van der Waals surface area contributed by atoms with Crippen LogP contribution >= 0.6 is 0 Å². The third-order valence-electron chi connectivity index (χ3n) is 5.64. The van der Waals surface area contributed by atoms with E-state index in [0.717, 1.165) is 6.42 Å². The molecule has 7 nitrogen and oxygen atoms in total. The number of aliphatic carboxylic acids is 1. The fourth-order valence-electron chi connectivity index (χ4n) is 4.39. The molecule has 4 rings (SSSR count). The van der Waals surface area contributed by atoms with Crippen molar-refractivity contribution in [3.05, 3.63) is 36.3 Å². The minimum atomic E-state index is -0.887. The van der Waals surface area contributed by atoms with E-state index in [1.165, 1.54) is 6.26 Å². The summed E-state index contributed by atoms with van der Waals surface area (Å²) in [5.74, 6) is -1.95. The van der Waals surface area contributed by atoms with Gasteiger partial charge in [0.2, 0.25) is 5.91 Å². The van der Waals surface area contributed by atoms with Crippen molar-refractivity contribution in [1.82, 2.24) is 9.80 Å². The van der Waals surface area contributed by atoms with E-state index < -0.39 is 17.8 Å². The summed E-state index contributed by atoms with van der Waals surface area (Å²) < 4.78 is 5.13. The molecular weight excluding hydrogens is 324 g/mol. The van der Waals surface area contributed by atoms with Gasteiger partial charge < -0.3 is 19.3 Å². The lowest BCUT2D eigenvalue weighted by Gasteiger charge is -2.37. The normalized spacial score (nSPS) is 30.7. The molecule has 4 atom stereocenters. The first-order valence-corrected chi connectivity index (χ1v) is 8.59. The summed E-state index contributed by atoms with van der Waals surface area (Å²) in [6, 6.07) is 3.29. The number of carbonyl (C=O) groups is 3. The molecule has 1 aromatic heterocycles. The standard InChI is InChI=1S/C18H20N2O5/c21-16(13-2-1-9-25-13)19-5-7-20(8-6-19)17(22)14-11-3-4-12(10-11)15(14)18(23)24/h1-4,9,11-12,14-15H,5-8,10H2,(H,23,24)/t11-,12-,14-,15+/m0/s1. The first-order valence-electron chi connectivity index (χ1n) is 8.59. The largest absolute Gasteiger partial charge is 0.481 e. The SMILES string of the molecule is O=C(O)[C@H]1[C@@H](C(=O)N2CCN(C(=O)c3ccco3)CC2)[C@H]2C=C[C@H]1C2. The van der Waals surface area contributed by atoms with Crippen LogP contribution in [0.2, 0.25) is 0 Å². The topological polar surface area (TPSA) is 91.1 Å². The van der Waals surface area contributed by atoms with E-state index in [1.807, 2.05) is 12.2 Å². The van der Waals surface area contributed by atoms with Crippen LogP contribution in [0.4, 0.5) is 0 Å².